The van der Waals surface area contributed by atoms with E-state index in [0.29, 0.717) is 12.5 Å². The summed E-state index contributed by atoms with van der Waals surface area (Å²) < 4.78 is 10.8. The van der Waals surface area contributed by atoms with E-state index in [-0.39, 0.29) is 5.91 Å². The molecule has 1 aliphatic heterocycles. The molecule has 0 bridgehead atoms. The van der Waals surface area contributed by atoms with Gasteiger partial charge in [-0.1, -0.05) is 26.0 Å². The Morgan fingerprint density at radius 1 is 1.11 bits per heavy atom. The van der Waals surface area contributed by atoms with Crippen molar-refractivity contribution in [3.63, 3.8) is 0 Å². The zero-order valence-electron chi connectivity index (χ0n) is 17.2. The Morgan fingerprint density at radius 2 is 1.75 bits per heavy atom. The Bertz CT molecular complexity index is 817. The Labute approximate surface area is 167 Å². The van der Waals surface area contributed by atoms with Crippen molar-refractivity contribution >= 4 is 11.6 Å². The minimum Gasteiger partial charge on any atom is -0.493 e. The van der Waals surface area contributed by atoms with Gasteiger partial charge in [-0.15, -0.1) is 0 Å². The maximum atomic E-state index is 12.5. The first-order chi connectivity index (χ1) is 13.5. The van der Waals surface area contributed by atoms with Crippen LogP contribution in [-0.4, -0.2) is 38.1 Å². The number of fused-ring (bicyclic) bond motifs is 1. The van der Waals surface area contributed by atoms with Gasteiger partial charge in [0.2, 0.25) is 5.91 Å². The average Bonchev–Trinajstić information content (AvgIpc) is 2.72. The Kier molecular flexibility index (Phi) is 6.57. The minimum atomic E-state index is 0.0141. The average molecular weight is 383 g/mol. The molecule has 28 heavy (non-hydrogen) atoms. The van der Waals surface area contributed by atoms with Gasteiger partial charge in [0, 0.05) is 18.8 Å². The normalized spacial score (nSPS) is 14.9. The van der Waals surface area contributed by atoms with E-state index < -0.39 is 0 Å². The molecule has 5 heteroatoms. The second-order valence-corrected chi connectivity index (χ2v) is 7.42. The van der Waals surface area contributed by atoms with Gasteiger partial charge in [0.15, 0.2) is 11.5 Å². The molecule has 2 aromatic carbocycles. The first-order valence-corrected chi connectivity index (χ1v) is 9.90. The van der Waals surface area contributed by atoms with Crippen LogP contribution in [-0.2, 0) is 17.8 Å². The summed E-state index contributed by atoms with van der Waals surface area (Å²) in [5.41, 5.74) is 4.60. The number of methoxy groups -OCH3 is 2. The monoisotopic (exact) mass is 382 g/mol. The summed E-state index contributed by atoms with van der Waals surface area (Å²) in [5, 5.41) is 3.01. The van der Waals surface area contributed by atoms with Crippen LogP contribution in [0.4, 0.5) is 5.69 Å². The van der Waals surface area contributed by atoms with Crippen molar-refractivity contribution in [3.05, 3.63) is 53.1 Å². The van der Waals surface area contributed by atoms with E-state index in [4.69, 9.17) is 9.47 Å². The summed E-state index contributed by atoms with van der Waals surface area (Å²) in [6, 6.07) is 12.2. The van der Waals surface area contributed by atoms with E-state index in [1.165, 1.54) is 16.7 Å². The van der Waals surface area contributed by atoms with Crippen LogP contribution < -0.4 is 14.8 Å². The summed E-state index contributed by atoms with van der Waals surface area (Å²) >= 11 is 0. The van der Waals surface area contributed by atoms with Gasteiger partial charge in [0.1, 0.15) is 0 Å². The number of amides is 1. The lowest BCUT2D eigenvalue weighted by Crippen LogP contribution is -2.37. The third-order valence-corrected chi connectivity index (χ3v) is 5.54. The van der Waals surface area contributed by atoms with Gasteiger partial charge < -0.3 is 14.8 Å². The van der Waals surface area contributed by atoms with Gasteiger partial charge in [-0.05, 0) is 59.7 Å². The highest BCUT2D eigenvalue weighted by Gasteiger charge is 2.21. The predicted molar refractivity (Wildman–Crippen MR) is 112 cm³/mol. The molecule has 0 fully saturated rings. The summed E-state index contributed by atoms with van der Waals surface area (Å²) in [7, 11) is 3.30. The number of benzene rings is 2. The summed E-state index contributed by atoms with van der Waals surface area (Å²) in [5.74, 6) is 2.04. The van der Waals surface area contributed by atoms with Gasteiger partial charge >= 0.3 is 0 Å². The van der Waals surface area contributed by atoms with Crippen LogP contribution in [0, 0.1) is 0 Å². The van der Waals surface area contributed by atoms with Crippen molar-refractivity contribution in [2.24, 2.45) is 0 Å². The van der Waals surface area contributed by atoms with E-state index >= 15 is 0 Å². The van der Waals surface area contributed by atoms with Crippen LogP contribution in [0.15, 0.2) is 36.4 Å². The van der Waals surface area contributed by atoms with E-state index in [2.05, 4.69) is 36.2 Å². The second kappa shape index (κ2) is 9.11. The lowest BCUT2D eigenvalue weighted by atomic mass is 9.98. The summed E-state index contributed by atoms with van der Waals surface area (Å²) in [6.45, 7) is 6.36. The highest BCUT2D eigenvalue weighted by atomic mass is 16.5. The maximum absolute atomic E-state index is 12.5. The van der Waals surface area contributed by atoms with Gasteiger partial charge in [0.05, 0.1) is 20.8 Å². The van der Waals surface area contributed by atoms with Crippen LogP contribution in [0.2, 0.25) is 0 Å². The molecule has 0 saturated carbocycles. The molecular formula is C23H30N2O3. The van der Waals surface area contributed by atoms with E-state index in [9.17, 15) is 4.79 Å². The molecule has 1 unspecified atom stereocenters. The van der Waals surface area contributed by atoms with Gasteiger partial charge in [0.25, 0.3) is 0 Å². The Balaban J connectivity index is 1.60. The highest BCUT2D eigenvalue weighted by Crippen LogP contribution is 2.33. The molecule has 5 nitrogen and oxygen atoms in total. The first kappa shape index (κ1) is 20.2. The maximum Gasteiger partial charge on any atom is 0.238 e. The number of hydrogen-bond acceptors (Lipinski definition) is 4. The molecule has 1 amide bonds. The number of carbonyl (C=O) groups is 1. The standard InChI is InChI=1S/C23H30N2O3/c1-5-16(2)17-6-8-20(9-7-17)24-23(26)15-25-11-10-18-12-21(27-3)22(28-4)13-19(18)14-25/h6-9,12-13,16H,5,10-11,14-15H2,1-4H3,(H,24,26). The molecule has 0 saturated heterocycles. The fourth-order valence-electron chi connectivity index (χ4n) is 3.61. The van der Waals surface area contributed by atoms with E-state index in [1.54, 1.807) is 14.2 Å². The highest BCUT2D eigenvalue weighted by molar-refractivity contribution is 5.92. The van der Waals surface area contributed by atoms with Crippen molar-refractivity contribution in [1.82, 2.24) is 4.90 Å². The van der Waals surface area contributed by atoms with Crippen LogP contribution in [0.1, 0.15) is 42.9 Å². The summed E-state index contributed by atoms with van der Waals surface area (Å²) in [4.78, 5) is 14.7. The minimum absolute atomic E-state index is 0.0141. The van der Waals surface area contributed by atoms with Gasteiger partial charge in [-0.3, -0.25) is 9.69 Å². The fourth-order valence-corrected chi connectivity index (χ4v) is 3.61. The molecule has 0 aromatic heterocycles. The van der Waals surface area contributed by atoms with E-state index in [1.807, 2.05) is 24.3 Å². The van der Waals surface area contributed by atoms with Crippen molar-refractivity contribution < 1.29 is 14.3 Å². The quantitative estimate of drug-likeness (QED) is 0.779. The smallest absolute Gasteiger partial charge is 0.238 e. The lowest BCUT2D eigenvalue weighted by molar-refractivity contribution is -0.117. The van der Waals surface area contributed by atoms with Crippen molar-refractivity contribution in [1.29, 1.82) is 0 Å². The molecule has 1 N–H and O–H groups in total. The summed E-state index contributed by atoms with van der Waals surface area (Å²) in [6.07, 6.45) is 2.01. The molecule has 2 aromatic rings. The molecule has 0 radical (unpaired) electrons. The zero-order chi connectivity index (χ0) is 20.1. The fraction of sp³-hybridized carbons (Fsp3) is 0.435. The molecular weight excluding hydrogens is 352 g/mol. The number of nitrogens with one attached hydrogen (secondary N) is 1. The number of nitrogens with zero attached hydrogens (tertiary/aromatic N) is 1. The molecule has 1 atom stereocenters. The number of hydrogen-bond donors (Lipinski definition) is 1. The third-order valence-electron chi connectivity index (χ3n) is 5.54. The van der Waals surface area contributed by atoms with Crippen LogP contribution in [0.3, 0.4) is 0 Å². The number of carbonyl (C=O) groups excluding carboxylic acids is 1. The van der Waals surface area contributed by atoms with Gasteiger partial charge in [-0.2, -0.15) is 0 Å². The molecule has 3 rings (SSSR count). The molecule has 1 aliphatic rings. The number of ether oxygens (including phenoxy) is 2. The van der Waals surface area contributed by atoms with Crippen molar-refractivity contribution in [3.8, 4) is 11.5 Å². The van der Waals surface area contributed by atoms with Crippen LogP contribution in [0.25, 0.3) is 0 Å². The number of rotatable bonds is 7. The number of anilines is 1. The topological polar surface area (TPSA) is 50.8 Å². The molecule has 0 aliphatic carbocycles. The third kappa shape index (κ3) is 4.65. The zero-order valence-corrected chi connectivity index (χ0v) is 17.2. The first-order valence-electron chi connectivity index (χ1n) is 9.90. The SMILES string of the molecule is CCC(C)c1ccc(NC(=O)CN2CCc3cc(OC)c(OC)cc3C2)cc1. The van der Waals surface area contributed by atoms with Crippen molar-refractivity contribution in [2.45, 2.75) is 39.2 Å². The molecule has 150 valence electrons. The Hall–Kier alpha value is -2.53. The van der Waals surface area contributed by atoms with Crippen molar-refractivity contribution in [2.75, 3.05) is 32.6 Å². The molecule has 0 spiro atoms. The predicted octanol–water partition coefficient (Wildman–Crippen LogP) is 4.21. The second-order valence-electron chi connectivity index (χ2n) is 7.42. The van der Waals surface area contributed by atoms with Crippen LogP contribution in [0.5, 0.6) is 11.5 Å². The lowest BCUT2D eigenvalue weighted by Gasteiger charge is -2.29. The van der Waals surface area contributed by atoms with Crippen LogP contribution >= 0.6 is 0 Å². The van der Waals surface area contributed by atoms with E-state index in [0.717, 1.165) is 43.1 Å². The largest absolute Gasteiger partial charge is 0.493 e. The molecule has 1 heterocycles. The Morgan fingerprint density at radius 3 is 2.36 bits per heavy atom. The van der Waals surface area contributed by atoms with Gasteiger partial charge in [-0.25, -0.2) is 0 Å².